The van der Waals surface area contributed by atoms with Crippen molar-refractivity contribution < 1.29 is 14.3 Å². The fourth-order valence-corrected chi connectivity index (χ4v) is 4.17. The van der Waals surface area contributed by atoms with Gasteiger partial charge in [0.2, 0.25) is 5.91 Å². The van der Waals surface area contributed by atoms with Crippen LogP contribution in [0.3, 0.4) is 0 Å². The van der Waals surface area contributed by atoms with E-state index in [9.17, 15) is 4.79 Å². The lowest BCUT2D eigenvalue weighted by molar-refractivity contribution is -0.119. The molecule has 1 amide bonds. The molecule has 5 heteroatoms. The first kappa shape index (κ1) is 19.6. The molecule has 4 nitrogen and oxygen atoms in total. The van der Waals surface area contributed by atoms with Crippen LogP contribution in [0.2, 0.25) is 0 Å². The summed E-state index contributed by atoms with van der Waals surface area (Å²) in [6.07, 6.45) is 0.724. The molecule has 0 saturated heterocycles. The van der Waals surface area contributed by atoms with Gasteiger partial charge in [0.25, 0.3) is 0 Å². The van der Waals surface area contributed by atoms with Gasteiger partial charge in [0, 0.05) is 17.7 Å². The predicted octanol–water partition coefficient (Wildman–Crippen LogP) is 4.66. The molecule has 2 aromatic carbocycles. The number of nitrogens with one attached hydrogen (secondary N) is 1. The van der Waals surface area contributed by atoms with E-state index in [0.29, 0.717) is 5.75 Å². The van der Waals surface area contributed by atoms with Gasteiger partial charge in [0.05, 0.1) is 18.9 Å². The number of amides is 1. The highest BCUT2D eigenvalue weighted by atomic mass is 32.2. The monoisotopic (exact) mass is 385 g/mol. The summed E-state index contributed by atoms with van der Waals surface area (Å²) in [4.78, 5) is 12.5. The van der Waals surface area contributed by atoms with Crippen LogP contribution in [0.5, 0.6) is 11.5 Å². The lowest BCUT2D eigenvalue weighted by Gasteiger charge is -2.38. The van der Waals surface area contributed by atoms with Gasteiger partial charge in [-0.25, -0.2) is 0 Å². The van der Waals surface area contributed by atoms with Crippen LogP contribution in [0.15, 0.2) is 42.5 Å². The van der Waals surface area contributed by atoms with Crippen LogP contribution >= 0.6 is 11.8 Å². The zero-order valence-corrected chi connectivity index (χ0v) is 17.2. The molecule has 0 bridgehead atoms. The van der Waals surface area contributed by atoms with Crippen LogP contribution in [-0.4, -0.2) is 24.4 Å². The number of carbonyl (C=O) groups is 1. The second kappa shape index (κ2) is 8.26. The van der Waals surface area contributed by atoms with E-state index in [1.54, 1.807) is 18.9 Å². The van der Waals surface area contributed by atoms with E-state index in [0.717, 1.165) is 29.2 Å². The molecule has 0 radical (unpaired) electrons. The van der Waals surface area contributed by atoms with E-state index >= 15 is 0 Å². The molecule has 0 aromatic heterocycles. The van der Waals surface area contributed by atoms with Gasteiger partial charge in [-0.1, -0.05) is 29.8 Å². The van der Waals surface area contributed by atoms with Crippen LogP contribution in [0.4, 0.5) is 0 Å². The molecule has 2 aromatic rings. The Kier molecular flexibility index (Phi) is 6.00. The first-order valence-corrected chi connectivity index (χ1v) is 10.3. The fraction of sp³-hybridized carbons (Fsp3) is 0.409. The maximum atomic E-state index is 12.5. The summed E-state index contributed by atoms with van der Waals surface area (Å²) in [5.41, 5.74) is 3.14. The van der Waals surface area contributed by atoms with Crippen molar-refractivity contribution in [1.29, 1.82) is 0 Å². The minimum atomic E-state index is -0.325. The van der Waals surface area contributed by atoms with Gasteiger partial charge in [-0.05, 0) is 44.5 Å². The van der Waals surface area contributed by atoms with E-state index in [2.05, 4.69) is 36.5 Å². The smallest absolute Gasteiger partial charge is 0.230 e. The van der Waals surface area contributed by atoms with Crippen molar-refractivity contribution in [2.45, 2.75) is 44.6 Å². The normalized spacial score (nSPS) is 17.6. The Morgan fingerprint density at radius 3 is 2.85 bits per heavy atom. The van der Waals surface area contributed by atoms with E-state index in [4.69, 9.17) is 9.47 Å². The summed E-state index contributed by atoms with van der Waals surface area (Å²) in [5.74, 6) is 2.89. The molecule has 0 saturated carbocycles. The number of thioether (sulfide) groups is 1. The summed E-state index contributed by atoms with van der Waals surface area (Å²) >= 11 is 1.63. The molecule has 0 fully saturated rings. The SMILES string of the molecule is COc1ccc2c(c1)[C@H](NC(=O)CSCc1cccc(C)c1)CC(C)(C)O2. The van der Waals surface area contributed by atoms with Gasteiger partial charge in [-0.3, -0.25) is 4.79 Å². The molecule has 1 aliphatic rings. The largest absolute Gasteiger partial charge is 0.497 e. The number of fused-ring (bicyclic) bond motifs is 1. The molecule has 3 rings (SSSR count). The average Bonchev–Trinajstić information content (AvgIpc) is 2.60. The number of ether oxygens (including phenoxy) is 2. The van der Waals surface area contributed by atoms with Crippen molar-refractivity contribution in [3.8, 4) is 11.5 Å². The zero-order valence-electron chi connectivity index (χ0n) is 16.4. The van der Waals surface area contributed by atoms with Gasteiger partial charge >= 0.3 is 0 Å². The molecule has 1 N–H and O–H groups in total. The summed E-state index contributed by atoms with van der Waals surface area (Å²) < 4.78 is 11.4. The average molecular weight is 386 g/mol. The number of rotatable bonds is 6. The van der Waals surface area contributed by atoms with E-state index in [-0.39, 0.29) is 17.6 Å². The Morgan fingerprint density at radius 2 is 2.11 bits per heavy atom. The number of hydrogen-bond acceptors (Lipinski definition) is 4. The Morgan fingerprint density at radius 1 is 1.30 bits per heavy atom. The van der Waals surface area contributed by atoms with Crippen LogP contribution in [0, 0.1) is 6.92 Å². The van der Waals surface area contributed by atoms with Crippen molar-refractivity contribution in [3.05, 3.63) is 59.2 Å². The molecular weight excluding hydrogens is 358 g/mol. The Bertz CT molecular complexity index is 819. The summed E-state index contributed by atoms with van der Waals surface area (Å²) in [6, 6.07) is 14.1. The molecule has 0 spiro atoms. The van der Waals surface area contributed by atoms with Gasteiger partial charge in [-0.2, -0.15) is 0 Å². The van der Waals surface area contributed by atoms with Gasteiger partial charge < -0.3 is 14.8 Å². The van der Waals surface area contributed by atoms with Crippen molar-refractivity contribution >= 4 is 17.7 Å². The van der Waals surface area contributed by atoms with E-state index < -0.39 is 0 Å². The zero-order chi connectivity index (χ0) is 19.4. The van der Waals surface area contributed by atoms with Crippen molar-refractivity contribution in [2.24, 2.45) is 0 Å². The summed E-state index contributed by atoms with van der Waals surface area (Å²) in [6.45, 7) is 6.18. The third kappa shape index (κ3) is 5.19. The summed E-state index contributed by atoms with van der Waals surface area (Å²) in [7, 11) is 1.64. The molecular formula is C22H27NO3S. The molecule has 1 heterocycles. The Labute approximate surface area is 165 Å². The number of benzene rings is 2. The highest BCUT2D eigenvalue weighted by Gasteiger charge is 2.34. The fourth-order valence-electron chi connectivity index (χ4n) is 3.39. The Hall–Kier alpha value is -2.14. The standard InChI is InChI=1S/C22H27NO3S/c1-15-6-5-7-16(10-15)13-27-14-21(24)23-19-12-22(2,3)26-20-9-8-17(25-4)11-18(19)20/h5-11,19H,12-14H2,1-4H3,(H,23,24)/t19-/m1/s1. The number of methoxy groups -OCH3 is 1. The number of hydrogen-bond donors (Lipinski definition) is 1. The molecule has 27 heavy (non-hydrogen) atoms. The number of carbonyl (C=O) groups excluding carboxylic acids is 1. The predicted molar refractivity (Wildman–Crippen MR) is 111 cm³/mol. The van der Waals surface area contributed by atoms with Gasteiger partial charge in [0.15, 0.2) is 0 Å². The molecule has 0 aliphatic carbocycles. The molecule has 144 valence electrons. The Balaban J connectivity index is 1.63. The lowest BCUT2D eigenvalue weighted by atomic mass is 9.89. The maximum Gasteiger partial charge on any atom is 0.230 e. The minimum absolute atomic E-state index is 0.0455. The molecule has 1 atom stereocenters. The summed E-state index contributed by atoms with van der Waals surface area (Å²) in [5, 5.41) is 3.18. The molecule has 0 unspecified atom stereocenters. The van der Waals surface area contributed by atoms with Crippen LogP contribution < -0.4 is 14.8 Å². The van der Waals surface area contributed by atoms with Gasteiger partial charge in [-0.15, -0.1) is 11.8 Å². The van der Waals surface area contributed by atoms with E-state index in [1.165, 1.54) is 11.1 Å². The minimum Gasteiger partial charge on any atom is -0.497 e. The first-order chi connectivity index (χ1) is 12.9. The highest BCUT2D eigenvalue weighted by Crippen LogP contribution is 2.41. The van der Waals surface area contributed by atoms with Crippen LogP contribution in [0.25, 0.3) is 0 Å². The first-order valence-electron chi connectivity index (χ1n) is 9.16. The lowest BCUT2D eigenvalue weighted by Crippen LogP contribution is -2.41. The number of aryl methyl sites for hydroxylation is 1. The third-order valence-electron chi connectivity index (χ3n) is 4.59. The van der Waals surface area contributed by atoms with Crippen LogP contribution in [0.1, 0.15) is 43.0 Å². The molecule has 1 aliphatic heterocycles. The second-order valence-corrected chi connectivity index (χ2v) is 8.56. The quantitative estimate of drug-likeness (QED) is 0.786. The second-order valence-electron chi connectivity index (χ2n) is 7.57. The van der Waals surface area contributed by atoms with Crippen molar-refractivity contribution in [1.82, 2.24) is 5.32 Å². The highest BCUT2D eigenvalue weighted by molar-refractivity contribution is 7.99. The van der Waals surface area contributed by atoms with Crippen molar-refractivity contribution in [3.63, 3.8) is 0 Å². The van der Waals surface area contributed by atoms with Crippen LogP contribution in [-0.2, 0) is 10.5 Å². The maximum absolute atomic E-state index is 12.5. The van der Waals surface area contributed by atoms with E-state index in [1.807, 2.05) is 32.0 Å². The topological polar surface area (TPSA) is 47.6 Å². The third-order valence-corrected chi connectivity index (χ3v) is 5.60. The van der Waals surface area contributed by atoms with Crippen molar-refractivity contribution in [2.75, 3.05) is 12.9 Å². The van der Waals surface area contributed by atoms with Gasteiger partial charge in [0.1, 0.15) is 17.1 Å².